The number of nitrogens with zero attached hydrogens (tertiary/aromatic N) is 2. The van der Waals surface area contributed by atoms with Gasteiger partial charge in [-0.15, -0.1) is 0 Å². The molecule has 1 heterocycles. The van der Waals surface area contributed by atoms with Gasteiger partial charge >= 0.3 is 0 Å². The van der Waals surface area contributed by atoms with E-state index in [1.165, 1.54) is 68.6 Å². The highest BCUT2D eigenvalue weighted by atomic mass is 32.2. The van der Waals surface area contributed by atoms with E-state index in [0.717, 1.165) is 24.5 Å². The predicted molar refractivity (Wildman–Crippen MR) is 159 cm³/mol. The number of benzene rings is 2. The second-order valence-electron chi connectivity index (χ2n) is 10.7. The summed E-state index contributed by atoms with van der Waals surface area (Å²) in [5.74, 6) is 2.52. The van der Waals surface area contributed by atoms with Crippen LogP contribution in [0.25, 0.3) is 0 Å². The number of carbonyl (C=O) groups excluding carboxylic acids is 1. The third-order valence-corrected chi connectivity index (χ3v) is 8.17. The van der Waals surface area contributed by atoms with E-state index in [9.17, 15) is 4.79 Å². The zero-order valence-electron chi connectivity index (χ0n) is 23.0. The molecule has 1 N–H and O–H groups in total. The summed E-state index contributed by atoms with van der Waals surface area (Å²) < 4.78 is 0. The summed E-state index contributed by atoms with van der Waals surface area (Å²) in [6.07, 6.45) is 6.39. The van der Waals surface area contributed by atoms with Crippen LogP contribution in [0.15, 0.2) is 48.5 Å². The van der Waals surface area contributed by atoms with E-state index in [1.54, 1.807) is 11.8 Å². The first kappa shape index (κ1) is 28.6. The summed E-state index contributed by atoms with van der Waals surface area (Å²) >= 11 is 1.77. The molecule has 0 spiro atoms. The van der Waals surface area contributed by atoms with Gasteiger partial charge in [0.2, 0.25) is 5.91 Å². The lowest BCUT2D eigenvalue weighted by Crippen LogP contribution is -2.46. The Morgan fingerprint density at radius 1 is 0.806 bits per heavy atom. The molecule has 1 fully saturated rings. The normalized spacial score (nSPS) is 14.6. The van der Waals surface area contributed by atoms with Gasteiger partial charge in [0.1, 0.15) is 0 Å². The second-order valence-corrected chi connectivity index (χ2v) is 11.8. The molecule has 198 valence electrons. The first-order chi connectivity index (χ1) is 17.5. The van der Waals surface area contributed by atoms with Crippen molar-refractivity contribution < 1.29 is 4.79 Å². The van der Waals surface area contributed by atoms with E-state index >= 15 is 0 Å². The van der Waals surface area contributed by atoms with Crippen molar-refractivity contribution >= 4 is 29.0 Å². The Labute approximate surface area is 224 Å². The largest absolute Gasteiger partial charge is 0.369 e. The van der Waals surface area contributed by atoms with Crippen molar-refractivity contribution in [1.82, 2.24) is 4.90 Å². The smallest absolute Gasteiger partial charge is 0.234 e. The summed E-state index contributed by atoms with van der Waals surface area (Å²) in [5.41, 5.74) is 4.86. The molecule has 0 atom stereocenters. The van der Waals surface area contributed by atoms with Gasteiger partial charge in [0.05, 0.1) is 5.75 Å². The third kappa shape index (κ3) is 9.15. The van der Waals surface area contributed by atoms with E-state index in [-0.39, 0.29) is 5.91 Å². The fourth-order valence-electron chi connectivity index (χ4n) is 4.97. The quantitative estimate of drug-likeness (QED) is 0.270. The van der Waals surface area contributed by atoms with Crippen molar-refractivity contribution in [2.24, 2.45) is 0 Å². The summed E-state index contributed by atoms with van der Waals surface area (Å²) in [6, 6.07) is 17.2. The van der Waals surface area contributed by atoms with Gasteiger partial charge in [-0.25, -0.2) is 0 Å². The minimum Gasteiger partial charge on any atom is -0.369 e. The molecule has 1 aliphatic heterocycles. The molecular formula is C31H47N3OS. The topological polar surface area (TPSA) is 35.6 Å². The molecule has 0 bridgehead atoms. The molecule has 0 aromatic heterocycles. The van der Waals surface area contributed by atoms with Gasteiger partial charge in [0, 0.05) is 37.6 Å². The molecule has 1 aliphatic rings. The fraction of sp³-hybridized carbons (Fsp3) is 0.581. The number of amides is 1. The lowest BCUT2D eigenvalue weighted by molar-refractivity contribution is -0.113. The van der Waals surface area contributed by atoms with Gasteiger partial charge in [-0.05, 0) is 60.2 Å². The summed E-state index contributed by atoms with van der Waals surface area (Å²) in [7, 11) is 0. The van der Waals surface area contributed by atoms with E-state index < -0.39 is 0 Å². The maximum Gasteiger partial charge on any atom is 0.234 e. The minimum atomic E-state index is 0.127. The number of para-hydroxylation sites is 2. The highest BCUT2D eigenvalue weighted by Gasteiger charge is 2.17. The maximum atomic E-state index is 12.6. The number of carbonyl (C=O) groups is 1. The minimum absolute atomic E-state index is 0.127. The standard InChI is InChI=1S/C31H47N3OS/c1-25(2)28-16-13-17-29(26(3)4)31(28)32-30(35)24-36-23-12-7-5-6-11-18-33-19-21-34(22-20-33)27-14-9-8-10-15-27/h8-10,13-17,25-26H,5-7,11-12,18-24H2,1-4H3,(H,32,35). The van der Waals surface area contributed by atoms with E-state index in [1.807, 2.05) is 0 Å². The molecule has 3 rings (SSSR count). The number of anilines is 2. The number of hydrogen-bond donors (Lipinski definition) is 1. The average Bonchev–Trinajstić information content (AvgIpc) is 2.88. The number of nitrogens with one attached hydrogen (secondary N) is 1. The second kappa shape index (κ2) is 15.3. The number of piperazine rings is 1. The number of thioether (sulfide) groups is 1. The van der Waals surface area contributed by atoms with E-state index in [2.05, 4.69) is 91.3 Å². The van der Waals surface area contributed by atoms with Crippen LogP contribution in [-0.4, -0.2) is 55.0 Å². The van der Waals surface area contributed by atoms with Crippen LogP contribution in [0, 0.1) is 0 Å². The van der Waals surface area contributed by atoms with Crippen molar-refractivity contribution in [2.75, 3.05) is 54.4 Å². The fourth-order valence-corrected chi connectivity index (χ4v) is 5.78. The van der Waals surface area contributed by atoms with Gasteiger partial charge in [-0.2, -0.15) is 11.8 Å². The van der Waals surface area contributed by atoms with Crippen molar-refractivity contribution in [3.63, 3.8) is 0 Å². The first-order valence-corrected chi connectivity index (χ1v) is 15.1. The lowest BCUT2D eigenvalue weighted by atomic mass is 9.92. The van der Waals surface area contributed by atoms with E-state index in [0.29, 0.717) is 17.6 Å². The molecule has 2 aromatic rings. The molecule has 0 radical (unpaired) electrons. The van der Waals surface area contributed by atoms with Gasteiger partial charge in [-0.1, -0.05) is 83.4 Å². The van der Waals surface area contributed by atoms with Crippen LogP contribution in [0.2, 0.25) is 0 Å². The van der Waals surface area contributed by atoms with Crippen LogP contribution in [0.3, 0.4) is 0 Å². The molecule has 36 heavy (non-hydrogen) atoms. The molecule has 0 aliphatic carbocycles. The highest BCUT2D eigenvalue weighted by Crippen LogP contribution is 2.32. The molecule has 0 saturated carbocycles. The average molecular weight is 510 g/mol. The Balaban J connectivity index is 1.22. The molecule has 4 nitrogen and oxygen atoms in total. The van der Waals surface area contributed by atoms with Gasteiger partial charge in [0.15, 0.2) is 0 Å². The predicted octanol–water partition coefficient (Wildman–Crippen LogP) is 7.38. The lowest BCUT2D eigenvalue weighted by Gasteiger charge is -2.36. The molecule has 0 unspecified atom stereocenters. The molecule has 1 amide bonds. The SMILES string of the molecule is CC(C)c1cccc(C(C)C)c1NC(=O)CSCCCCCCCN1CCN(c2ccccc2)CC1. The van der Waals surface area contributed by atoms with Gasteiger partial charge in [0.25, 0.3) is 0 Å². The Bertz CT molecular complexity index is 881. The number of hydrogen-bond acceptors (Lipinski definition) is 4. The summed E-state index contributed by atoms with van der Waals surface area (Å²) in [6.45, 7) is 14.6. The van der Waals surface area contributed by atoms with Crippen LogP contribution >= 0.6 is 11.8 Å². The monoisotopic (exact) mass is 509 g/mol. The zero-order chi connectivity index (χ0) is 25.8. The Morgan fingerprint density at radius 3 is 2.06 bits per heavy atom. The Hall–Kier alpha value is -1.98. The van der Waals surface area contributed by atoms with Gasteiger partial charge in [-0.3, -0.25) is 9.69 Å². The summed E-state index contributed by atoms with van der Waals surface area (Å²) in [4.78, 5) is 17.8. The molecular weight excluding hydrogens is 462 g/mol. The van der Waals surface area contributed by atoms with Crippen molar-refractivity contribution in [2.45, 2.75) is 71.6 Å². The van der Waals surface area contributed by atoms with Crippen molar-refractivity contribution in [1.29, 1.82) is 0 Å². The summed E-state index contributed by atoms with van der Waals surface area (Å²) in [5, 5.41) is 3.24. The number of rotatable bonds is 14. The van der Waals surface area contributed by atoms with Crippen molar-refractivity contribution in [3.05, 3.63) is 59.7 Å². The van der Waals surface area contributed by atoms with Crippen LogP contribution in [-0.2, 0) is 4.79 Å². The van der Waals surface area contributed by atoms with Crippen molar-refractivity contribution in [3.8, 4) is 0 Å². The Kier molecular flexibility index (Phi) is 12.2. The molecule has 1 saturated heterocycles. The van der Waals surface area contributed by atoms with Crippen LogP contribution in [0.5, 0.6) is 0 Å². The zero-order valence-corrected chi connectivity index (χ0v) is 23.8. The number of unbranched alkanes of at least 4 members (excludes halogenated alkanes) is 4. The molecule has 5 heteroatoms. The third-order valence-electron chi connectivity index (χ3n) is 7.13. The van der Waals surface area contributed by atoms with E-state index in [4.69, 9.17) is 0 Å². The van der Waals surface area contributed by atoms with Gasteiger partial charge < -0.3 is 10.2 Å². The van der Waals surface area contributed by atoms with Crippen LogP contribution < -0.4 is 10.2 Å². The maximum absolute atomic E-state index is 12.6. The highest BCUT2D eigenvalue weighted by molar-refractivity contribution is 7.99. The van der Waals surface area contributed by atoms with Crippen LogP contribution in [0.1, 0.15) is 82.8 Å². The first-order valence-electron chi connectivity index (χ1n) is 14.0. The molecule has 2 aromatic carbocycles. The Morgan fingerprint density at radius 2 is 1.42 bits per heavy atom. The van der Waals surface area contributed by atoms with Crippen LogP contribution in [0.4, 0.5) is 11.4 Å².